The minimum absolute atomic E-state index is 0. The van der Waals surface area contributed by atoms with Gasteiger partial charge in [0.1, 0.15) is 0 Å². The van der Waals surface area contributed by atoms with Gasteiger partial charge in [-0.1, -0.05) is 13.3 Å². The number of nitrogens with two attached hydrogens (primary N) is 1. The van der Waals surface area contributed by atoms with Crippen LogP contribution in [-0.4, -0.2) is 55.0 Å². The van der Waals surface area contributed by atoms with Crippen molar-refractivity contribution in [1.82, 2.24) is 15.5 Å². The zero-order chi connectivity index (χ0) is 17.3. The van der Waals surface area contributed by atoms with Gasteiger partial charge < -0.3 is 16.4 Å². The molecule has 0 aromatic rings. The van der Waals surface area contributed by atoms with E-state index in [-0.39, 0.29) is 35.4 Å². The first-order valence-corrected chi connectivity index (χ1v) is 8.87. The molecule has 0 aromatic heterocycles. The van der Waals surface area contributed by atoms with Gasteiger partial charge in [0.15, 0.2) is 5.96 Å². The molecule has 24 heavy (non-hydrogen) atoms. The molecule has 0 radical (unpaired) electrons. The number of piperidine rings is 1. The van der Waals surface area contributed by atoms with Crippen LogP contribution in [0.3, 0.4) is 0 Å². The third-order valence-corrected chi connectivity index (χ3v) is 3.95. The van der Waals surface area contributed by atoms with Crippen LogP contribution < -0.4 is 16.4 Å². The molecular weight excluding hydrogens is 417 g/mol. The van der Waals surface area contributed by atoms with E-state index in [1.54, 1.807) is 0 Å². The Hall–Kier alpha value is -0.570. The van der Waals surface area contributed by atoms with Crippen molar-refractivity contribution in [2.45, 2.75) is 58.9 Å². The maximum absolute atomic E-state index is 11.9. The Kier molecular flexibility index (Phi) is 11.6. The molecule has 0 atom stereocenters. The van der Waals surface area contributed by atoms with E-state index in [2.05, 4.69) is 27.4 Å². The highest BCUT2D eigenvalue weighted by atomic mass is 127. The summed E-state index contributed by atoms with van der Waals surface area (Å²) in [7, 11) is 0. The van der Waals surface area contributed by atoms with Crippen molar-refractivity contribution in [3.63, 3.8) is 0 Å². The van der Waals surface area contributed by atoms with Crippen molar-refractivity contribution in [2.24, 2.45) is 16.6 Å². The van der Waals surface area contributed by atoms with Gasteiger partial charge in [-0.2, -0.15) is 0 Å². The highest BCUT2D eigenvalue weighted by molar-refractivity contribution is 14.0. The fraction of sp³-hybridized carbons (Fsp3) is 0.882. The number of nitrogens with zero attached hydrogens (tertiary/aromatic N) is 2. The summed E-state index contributed by atoms with van der Waals surface area (Å²) in [6, 6.07) is 0. The van der Waals surface area contributed by atoms with Crippen LogP contribution in [0.25, 0.3) is 0 Å². The number of carbonyl (C=O) groups is 1. The van der Waals surface area contributed by atoms with E-state index in [1.165, 1.54) is 0 Å². The van der Waals surface area contributed by atoms with Gasteiger partial charge in [-0.3, -0.25) is 14.7 Å². The SMILES string of the molecule is CCCCNC(N)=NCC1CCN(CC(=O)NC(C)(C)C)CC1.I. The van der Waals surface area contributed by atoms with Crippen molar-refractivity contribution in [3.8, 4) is 0 Å². The van der Waals surface area contributed by atoms with Gasteiger partial charge in [-0.25, -0.2) is 0 Å². The molecular formula is C17H36IN5O. The fourth-order valence-corrected chi connectivity index (χ4v) is 2.66. The number of hydrogen-bond donors (Lipinski definition) is 3. The second-order valence-electron chi connectivity index (χ2n) is 7.52. The van der Waals surface area contributed by atoms with Gasteiger partial charge in [0, 0.05) is 18.6 Å². The van der Waals surface area contributed by atoms with E-state index in [4.69, 9.17) is 5.73 Å². The van der Waals surface area contributed by atoms with Crippen molar-refractivity contribution in [1.29, 1.82) is 0 Å². The quantitative estimate of drug-likeness (QED) is 0.238. The number of likely N-dealkylation sites (tertiary alicyclic amines) is 1. The Balaban J connectivity index is 0.00000529. The molecule has 1 aliphatic heterocycles. The summed E-state index contributed by atoms with van der Waals surface area (Å²) in [5, 5.41) is 6.16. The lowest BCUT2D eigenvalue weighted by Gasteiger charge is -2.31. The molecule has 0 spiro atoms. The number of unbranched alkanes of at least 4 members (excludes halogenated alkanes) is 1. The normalized spacial score (nSPS) is 17.2. The maximum Gasteiger partial charge on any atom is 0.234 e. The first-order chi connectivity index (χ1) is 10.8. The summed E-state index contributed by atoms with van der Waals surface area (Å²) in [4.78, 5) is 18.6. The molecule has 1 amide bonds. The number of rotatable bonds is 7. The highest BCUT2D eigenvalue weighted by Crippen LogP contribution is 2.17. The zero-order valence-electron chi connectivity index (χ0n) is 15.7. The monoisotopic (exact) mass is 453 g/mol. The number of amides is 1. The number of halogens is 1. The average Bonchev–Trinajstić information content (AvgIpc) is 2.45. The van der Waals surface area contributed by atoms with Crippen LogP contribution in [0.5, 0.6) is 0 Å². The molecule has 0 aromatic carbocycles. The summed E-state index contributed by atoms with van der Waals surface area (Å²) in [5.74, 6) is 1.24. The van der Waals surface area contributed by atoms with Crippen LogP contribution in [0, 0.1) is 5.92 Å². The Bertz CT molecular complexity index is 387. The van der Waals surface area contributed by atoms with Gasteiger partial charge in [0.2, 0.25) is 5.91 Å². The molecule has 0 unspecified atom stereocenters. The van der Waals surface area contributed by atoms with Crippen molar-refractivity contribution in [2.75, 3.05) is 32.7 Å². The summed E-state index contributed by atoms with van der Waals surface area (Å²) in [6.07, 6.45) is 4.43. The Morgan fingerprint density at radius 1 is 1.29 bits per heavy atom. The summed E-state index contributed by atoms with van der Waals surface area (Å²) >= 11 is 0. The summed E-state index contributed by atoms with van der Waals surface area (Å²) in [5.41, 5.74) is 5.70. The van der Waals surface area contributed by atoms with E-state index in [9.17, 15) is 4.79 Å². The van der Waals surface area contributed by atoms with Gasteiger partial charge in [-0.15, -0.1) is 24.0 Å². The average molecular weight is 453 g/mol. The van der Waals surface area contributed by atoms with Crippen LogP contribution in [-0.2, 0) is 4.79 Å². The third-order valence-electron chi connectivity index (χ3n) is 3.95. The van der Waals surface area contributed by atoms with Gasteiger partial charge in [0.25, 0.3) is 0 Å². The van der Waals surface area contributed by atoms with Crippen LogP contribution in [0.15, 0.2) is 4.99 Å². The van der Waals surface area contributed by atoms with E-state index in [0.29, 0.717) is 18.4 Å². The summed E-state index contributed by atoms with van der Waals surface area (Å²) in [6.45, 7) is 12.3. The number of nitrogens with one attached hydrogen (secondary N) is 2. The first kappa shape index (κ1) is 23.4. The van der Waals surface area contributed by atoms with Crippen molar-refractivity contribution in [3.05, 3.63) is 0 Å². The van der Waals surface area contributed by atoms with Crippen LogP contribution in [0.4, 0.5) is 0 Å². The lowest BCUT2D eigenvalue weighted by Crippen LogP contribution is -2.47. The molecule has 0 bridgehead atoms. The minimum Gasteiger partial charge on any atom is -0.370 e. The molecule has 0 aliphatic carbocycles. The predicted molar refractivity (Wildman–Crippen MR) is 112 cm³/mol. The number of hydrogen-bond acceptors (Lipinski definition) is 3. The van der Waals surface area contributed by atoms with Crippen molar-refractivity contribution < 1.29 is 4.79 Å². The molecule has 4 N–H and O–H groups in total. The van der Waals surface area contributed by atoms with Crippen LogP contribution in [0.1, 0.15) is 53.4 Å². The molecule has 7 heteroatoms. The van der Waals surface area contributed by atoms with Crippen LogP contribution in [0.2, 0.25) is 0 Å². The minimum atomic E-state index is -0.160. The number of carbonyl (C=O) groups excluding carboxylic acids is 1. The molecule has 1 aliphatic rings. The molecule has 1 rings (SSSR count). The molecule has 142 valence electrons. The standard InChI is InChI=1S/C17H35N5O.HI/c1-5-6-9-19-16(18)20-12-14-7-10-22(11-8-14)13-15(23)21-17(2,3)4;/h14H,5-13H2,1-4H3,(H,21,23)(H3,18,19,20);1H. The fourth-order valence-electron chi connectivity index (χ4n) is 2.66. The predicted octanol–water partition coefficient (Wildman–Crippen LogP) is 1.94. The van der Waals surface area contributed by atoms with E-state index < -0.39 is 0 Å². The number of guanidine groups is 1. The molecule has 1 heterocycles. The van der Waals surface area contributed by atoms with E-state index in [0.717, 1.165) is 51.9 Å². The lowest BCUT2D eigenvalue weighted by atomic mass is 9.97. The molecule has 1 fully saturated rings. The zero-order valence-corrected chi connectivity index (χ0v) is 18.1. The van der Waals surface area contributed by atoms with Gasteiger partial charge in [-0.05, 0) is 59.0 Å². The Morgan fingerprint density at radius 3 is 2.46 bits per heavy atom. The van der Waals surface area contributed by atoms with Crippen molar-refractivity contribution >= 4 is 35.8 Å². The third kappa shape index (κ3) is 11.1. The Morgan fingerprint density at radius 2 is 1.92 bits per heavy atom. The highest BCUT2D eigenvalue weighted by Gasteiger charge is 2.22. The lowest BCUT2D eigenvalue weighted by molar-refractivity contribution is -0.124. The maximum atomic E-state index is 11.9. The number of aliphatic imine (C=N–C) groups is 1. The Labute approximate surface area is 164 Å². The van der Waals surface area contributed by atoms with E-state index in [1.807, 2.05) is 20.8 Å². The molecule has 1 saturated heterocycles. The molecule has 6 nitrogen and oxygen atoms in total. The topological polar surface area (TPSA) is 82.8 Å². The molecule has 0 saturated carbocycles. The van der Waals surface area contributed by atoms with Gasteiger partial charge in [0.05, 0.1) is 6.54 Å². The van der Waals surface area contributed by atoms with Gasteiger partial charge >= 0.3 is 0 Å². The first-order valence-electron chi connectivity index (χ1n) is 8.87. The second-order valence-corrected chi connectivity index (χ2v) is 7.52. The second kappa shape index (κ2) is 11.9. The largest absolute Gasteiger partial charge is 0.370 e. The van der Waals surface area contributed by atoms with E-state index >= 15 is 0 Å². The summed E-state index contributed by atoms with van der Waals surface area (Å²) < 4.78 is 0. The van der Waals surface area contributed by atoms with Crippen LogP contribution >= 0.6 is 24.0 Å². The smallest absolute Gasteiger partial charge is 0.234 e.